The van der Waals surface area contributed by atoms with Crippen LogP contribution in [0, 0.1) is 5.92 Å². The molecule has 6 rings (SSSR count). The van der Waals surface area contributed by atoms with Gasteiger partial charge >= 0.3 is 0 Å². The SMILES string of the molecule is CN1CC[C@]23c4c5ccc(OCc6ccccc6)c4OC2C(=O)CC[C@H]3[C@H]1C5. The summed E-state index contributed by atoms with van der Waals surface area (Å²) in [5.41, 5.74) is 3.65. The van der Waals surface area contributed by atoms with Crippen LogP contribution in [0.4, 0.5) is 0 Å². The second-order valence-corrected chi connectivity index (χ2v) is 8.85. The molecule has 2 aliphatic heterocycles. The average Bonchev–Trinajstić information content (AvgIpc) is 3.07. The average molecular weight is 375 g/mol. The predicted molar refractivity (Wildman–Crippen MR) is 106 cm³/mol. The van der Waals surface area contributed by atoms with E-state index >= 15 is 0 Å². The Morgan fingerprint density at radius 1 is 1.21 bits per heavy atom. The smallest absolute Gasteiger partial charge is 0.174 e. The van der Waals surface area contributed by atoms with Crippen LogP contribution < -0.4 is 9.47 Å². The van der Waals surface area contributed by atoms with Crippen molar-refractivity contribution in [1.29, 1.82) is 0 Å². The fourth-order valence-electron chi connectivity index (χ4n) is 6.36. The second-order valence-electron chi connectivity index (χ2n) is 8.85. The first-order valence-electron chi connectivity index (χ1n) is 10.4. The predicted octanol–water partition coefficient (Wildman–Crippen LogP) is 3.50. The summed E-state index contributed by atoms with van der Waals surface area (Å²) in [4.78, 5) is 15.4. The number of benzene rings is 2. The van der Waals surface area contributed by atoms with Crippen molar-refractivity contribution >= 4 is 5.78 Å². The van der Waals surface area contributed by atoms with Gasteiger partial charge in [0.2, 0.25) is 0 Å². The van der Waals surface area contributed by atoms with E-state index in [0.717, 1.165) is 42.9 Å². The van der Waals surface area contributed by atoms with Crippen molar-refractivity contribution in [1.82, 2.24) is 4.90 Å². The first-order valence-corrected chi connectivity index (χ1v) is 10.4. The van der Waals surface area contributed by atoms with E-state index in [2.05, 4.69) is 30.1 Å². The van der Waals surface area contributed by atoms with Crippen molar-refractivity contribution in [2.75, 3.05) is 13.6 Å². The number of piperidine rings is 1. The van der Waals surface area contributed by atoms with E-state index < -0.39 is 0 Å². The molecule has 2 aromatic rings. The van der Waals surface area contributed by atoms with Crippen molar-refractivity contribution in [3.63, 3.8) is 0 Å². The van der Waals surface area contributed by atoms with Gasteiger partial charge in [0, 0.05) is 23.4 Å². The molecule has 4 aliphatic rings. The molecule has 2 fully saturated rings. The lowest BCUT2D eigenvalue weighted by atomic mass is 9.52. The Morgan fingerprint density at radius 3 is 2.93 bits per heavy atom. The van der Waals surface area contributed by atoms with Gasteiger partial charge in [-0.1, -0.05) is 36.4 Å². The number of hydrogen-bond acceptors (Lipinski definition) is 4. The molecule has 2 aliphatic carbocycles. The molecule has 1 saturated carbocycles. The van der Waals surface area contributed by atoms with Gasteiger partial charge in [-0.05, 0) is 56.0 Å². The molecule has 1 unspecified atom stereocenters. The fraction of sp³-hybridized carbons (Fsp3) is 0.458. The highest BCUT2D eigenvalue weighted by molar-refractivity contribution is 5.89. The summed E-state index contributed by atoms with van der Waals surface area (Å²) in [6, 6.07) is 15.0. The zero-order valence-corrected chi connectivity index (χ0v) is 16.2. The molecule has 0 radical (unpaired) electrons. The minimum Gasteiger partial charge on any atom is -0.485 e. The van der Waals surface area contributed by atoms with Gasteiger partial charge in [-0.25, -0.2) is 0 Å². The zero-order valence-electron chi connectivity index (χ0n) is 16.2. The van der Waals surface area contributed by atoms with E-state index in [1.54, 1.807) is 0 Å². The largest absolute Gasteiger partial charge is 0.485 e. The molecule has 4 nitrogen and oxygen atoms in total. The van der Waals surface area contributed by atoms with Crippen molar-refractivity contribution in [2.45, 2.75) is 49.9 Å². The summed E-state index contributed by atoms with van der Waals surface area (Å²) in [7, 11) is 2.24. The molecule has 4 heteroatoms. The van der Waals surface area contributed by atoms with Crippen LogP contribution in [-0.4, -0.2) is 36.4 Å². The van der Waals surface area contributed by atoms with Gasteiger partial charge in [-0.3, -0.25) is 4.79 Å². The van der Waals surface area contributed by atoms with Crippen LogP contribution in [0.1, 0.15) is 36.0 Å². The lowest BCUT2D eigenvalue weighted by molar-refractivity contribution is -0.138. The van der Waals surface area contributed by atoms with Crippen molar-refractivity contribution in [3.05, 3.63) is 59.2 Å². The molecular weight excluding hydrogens is 350 g/mol. The summed E-state index contributed by atoms with van der Waals surface area (Å²) in [5, 5.41) is 0. The molecule has 2 bridgehead atoms. The van der Waals surface area contributed by atoms with Crippen LogP contribution in [0.15, 0.2) is 42.5 Å². The van der Waals surface area contributed by atoms with E-state index in [1.807, 2.05) is 24.3 Å². The van der Waals surface area contributed by atoms with Gasteiger partial charge in [0.15, 0.2) is 23.4 Å². The van der Waals surface area contributed by atoms with Gasteiger partial charge in [0.1, 0.15) is 6.61 Å². The third kappa shape index (κ3) is 2.07. The number of carbonyl (C=O) groups is 1. The molecule has 28 heavy (non-hydrogen) atoms. The number of ether oxygens (including phenoxy) is 2. The maximum absolute atomic E-state index is 12.9. The Kier molecular flexibility index (Phi) is 3.46. The third-order valence-electron chi connectivity index (χ3n) is 7.61. The highest BCUT2D eigenvalue weighted by Crippen LogP contribution is 2.63. The van der Waals surface area contributed by atoms with Gasteiger partial charge < -0.3 is 14.4 Å². The van der Waals surface area contributed by atoms with Gasteiger partial charge in [0.25, 0.3) is 0 Å². The highest BCUT2D eigenvalue weighted by Gasteiger charge is 2.65. The molecular formula is C24H25NO3. The van der Waals surface area contributed by atoms with Crippen molar-refractivity contribution < 1.29 is 14.3 Å². The molecule has 2 aromatic carbocycles. The lowest BCUT2D eigenvalue weighted by Crippen LogP contribution is -2.65. The standard InChI is InChI=1S/C24H25NO3/c1-25-12-11-24-17-8-9-19(26)23(24)28-22-20(27-14-15-5-3-2-4-6-15)10-7-16(21(22)24)13-18(17)25/h2-7,10,17-18,23H,8-9,11-14H2,1H3/t17-,18+,23?,24-/m0/s1. The summed E-state index contributed by atoms with van der Waals surface area (Å²) in [6.45, 7) is 1.54. The molecule has 4 atom stereocenters. The van der Waals surface area contributed by atoms with Crippen LogP contribution in [0.3, 0.4) is 0 Å². The van der Waals surface area contributed by atoms with Crippen molar-refractivity contribution in [3.8, 4) is 11.5 Å². The Labute approximate surface area is 165 Å². The summed E-state index contributed by atoms with van der Waals surface area (Å²) >= 11 is 0. The number of nitrogens with zero attached hydrogens (tertiary/aromatic N) is 1. The summed E-state index contributed by atoms with van der Waals surface area (Å²) in [6.07, 6.45) is 3.36. The van der Waals surface area contributed by atoms with Crippen LogP contribution >= 0.6 is 0 Å². The van der Waals surface area contributed by atoms with E-state index in [9.17, 15) is 4.79 Å². The normalized spacial score (nSPS) is 32.6. The second kappa shape index (κ2) is 5.84. The Bertz CT molecular complexity index is 956. The highest BCUT2D eigenvalue weighted by atomic mass is 16.5. The molecule has 2 heterocycles. The van der Waals surface area contributed by atoms with Crippen LogP contribution in [0.25, 0.3) is 0 Å². The van der Waals surface area contributed by atoms with Crippen molar-refractivity contribution in [2.24, 2.45) is 5.92 Å². The Hall–Kier alpha value is -2.33. The summed E-state index contributed by atoms with van der Waals surface area (Å²) in [5.74, 6) is 2.42. The first-order chi connectivity index (χ1) is 13.7. The van der Waals surface area contributed by atoms with Gasteiger partial charge in [-0.2, -0.15) is 0 Å². The number of ketones is 1. The van der Waals surface area contributed by atoms with Crippen LogP contribution in [0.2, 0.25) is 0 Å². The Balaban J connectivity index is 1.45. The molecule has 0 N–H and O–H groups in total. The maximum atomic E-state index is 12.9. The zero-order chi connectivity index (χ0) is 18.9. The third-order valence-corrected chi connectivity index (χ3v) is 7.61. The quantitative estimate of drug-likeness (QED) is 0.823. The van der Waals surface area contributed by atoms with E-state index in [4.69, 9.17) is 9.47 Å². The maximum Gasteiger partial charge on any atom is 0.174 e. The van der Waals surface area contributed by atoms with Gasteiger partial charge in [-0.15, -0.1) is 0 Å². The minimum absolute atomic E-state index is 0.137. The van der Waals surface area contributed by atoms with E-state index in [-0.39, 0.29) is 17.3 Å². The minimum atomic E-state index is -0.321. The van der Waals surface area contributed by atoms with E-state index in [1.165, 1.54) is 11.1 Å². The fourth-order valence-corrected chi connectivity index (χ4v) is 6.36. The molecule has 144 valence electrons. The molecule has 0 aromatic heterocycles. The number of likely N-dealkylation sites (tertiary alicyclic amines) is 1. The lowest BCUT2D eigenvalue weighted by Gasteiger charge is -2.57. The molecule has 1 spiro atoms. The topological polar surface area (TPSA) is 38.8 Å². The molecule has 0 amide bonds. The van der Waals surface area contributed by atoms with Crippen LogP contribution in [0.5, 0.6) is 11.5 Å². The number of hydrogen-bond donors (Lipinski definition) is 0. The van der Waals surface area contributed by atoms with Crippen LogP contribution in [-0.2, 0) is 23.2 Å². The number of carbonyl (C=O) groups excluding carboxylic acids is 1. The number of likely N-dealkylation sites (N-methyl/N-ethyl adjacent to an activating group) is 1. The van der Waals surface area contributed by atoms with E-state index in [0.29, 0.717) is 25.0 Å². The Morgan fingerprint density at radius 2 is 2.07 bits per heavy atom. The first kappa shape index (κ1) is 16.6. The van der Waals surface area contributed by atoms with Gasteiger partial charge in [0.05, 0.1) is 0 Å². The molecule has 1 saturated heterocycles. The number of rotatable bonds is 3. The number of Topliss-reactive ketones (excluding diaryl/α,β-unsaturated/α-hetero) is 1. The monoisotopic (exact) mass is 375 g/mol. The summed E-state index contributed by atoms with van der Waals surface area (Å²) < 4.78 is 12.7.